The largest absolute Gasteiger partial charge is 0.466 e. The second kappa shape index (κ2) is 6.19. The third-order valence-electron chi connectivity index (χ3n) is 3.54. The molecule has 2 rings (SSSR count). The van der Waals surface area contributed by atoms with Gasteiger partial charge in [0.1, 0.15) is 0 Å². The fourth-order valence-corrected chi connectivity index (χ4v) is 2.87. The smallest absolute Gasteiger partial charge is 0.306 e. The maximum Gasteiger partial charge on any atom is 0.306 e. The van der Waals surface area contributed by atoms with Gasteiger partial charge in [-0.05, 0) is 25.7 Å². The van der Waals surface area contributed by atoms with Gasteiger partial charge in [-0.25, -0.2) is 4.98 Å². The van der Waals surface area contributed by atoms with Gasteiger partial charge in [0.2, 0.25) is 0 Å². The Morgan fingerprint density at radius 3 is 3.11 bits per heavy atom. The molecule has 104 valence electrons. The van der Waals surface area contributed by atoms with Crippen LogP contribution in [0.2, 0.25) is 5.15 Å². The van der Waals surface area contributed by atoms with Crippen LogP contribution in [0.4, 0.5) is 0 Å². The minimum atomic E-state index is -0.287. The summed E-state index contributed by atoms with van der Waals surface area (Å²) in [4.78, 5) is 27.3. The number of ether oxygens (including phenoxy) is 1. The standard InChI is InChI=1S/C13H17ClN2O3/c1-2-19-11(17)8-9-4-3-5-10(9)16-7-6-15-12(14)13(16)18/h6-7,9-10H,2-5,8H2,1H3/t9-,10-/m1/s1. The molecule has 0 spiro atoms. The molecule has 1 saturated carbocycles. The highest BCUT2D eigenvalue weighted by molar-refractivity contribution is 6.29. The first-order valence-electron chi connectivity index (χ1n) is 6.51. The van der Waals surface area contributed by atoms with Gasteiger partial charge in [0.05, 0.1) is 13.0 Å². The lowest BCUT2D eigenvalue weighted by Gasteiger charge is -2.21. The Hall–Kier alpha value is -1.36. The number of rotatable bonds is 4. The molecule has 0 unspecified atom stereocenters. The summed E-state index contributed by atoms with van der Waals surface area (Å²) in [6.07, 6.45) is 6.32. The maximum absolute atomic E-state index is 12.0. The lowest BCUT2D eigenvalue weighted by molar-refractivity contribution is -0.144. The van der Waals surface area contributed by atoms with E-state index >= 15 is 0 Å². The van der Waals surface area contributed by atoms with Gasteiger partial charge in [-0.2, -0.15) is 0 Å². The number of esters is 1. The fraction of sp³-hybridized carbons (Fsp3) is 0.615. The fourth-order valence-electron chi connectivity index (χ4n) is 2.72. The minimum Gasteiger partial charge on any atom is -0.466 e. The molecule has 6 heteroatoms. The van der Waals surface area contributed by atoms with Crippen LogP contribution in [0.25, 0.3) is 0 Å². The highest BCUT2D eigenvalue weighted by atomic mass is 35.5. The lowest BCUT2D eigenvalue weighted by atomic mass is 9.99. The van der Waals surface area contributed by atoms with Crippen molar-refractivity contribution >= 4 is 17.6 Å². The number of nitrogens with zero attached hydrogens (tertiary/aromatic N) is 2. The highest BCUT2D eigenvalue weighted by Crippen LogP contribution is 2.37. The van der Waals surface area contributed by atoms with Gasteiger partial charge in [0.25, 0.3) is 5.56 Å². The van der Waals surface area contributed by atoms with Crippen molar-refractivity contribution in [3.05, 3.63) is 27.9 Å². The van der Waals surface area contributed by atoms with Crippen LogP contribution in [0.5, 0.6) is 0 Å². The van der Waals surface area contributed by atoms with Gasteiger partial charge in [0, 0.05) is 18.4 Å². The molecule has 0 bridgehead atoms. The van der Waals surface area contributed by atoms with Gasteiger partial charge in [0.15, 0.2) is 5.15 Å². The number of halogens is 1. The van der Waals surface area contributed by atoms with Crippen LogP contribution in [-0.2, 0) is 9.53 Å². The van der Waals surface area contributed by atoms with Gasteiger partial charge in [-0.3, -0.25) is 9.59 Å². The third-order valence-corrected chi connectivity index (χ3v) is 3.80. The van der Waals surface area contributed by atoms with Crippen molar-refractivity contribution in [3.63, 3.8) is 0 Å². The molecule has 1 aromatic heterocycles. The molecular formula is C13H17ClN2O3. The summed E-state index contributed by atoms with van der Waals surface area (Å²) < 4.78 is 6.58. The molecule has 1 aromatic rings. The van der Waals surface area contributed by atoms with Gasteiger partial charge < -0.3 is 9.30 Å². The van der Waals surface area contributed by atoms with Crippen molar-refractivity contribution in [3.8, 4) is 0 Å². The Morgan fingerprint density at radius 2 is 2.37 bits per heavy atom. The topological polar surface area (TPSA) is 61.2 Å². The Bertz CT molecular complexity index is 515. The molecule has 1 aliphatic rings. The SMILES string of the molecule is CCOC(=O)C[C@H]1CCC[C@H]1n1ccnc(Cl)c1=O. The second-order valence-electron chi connectivity index (χ2n) is 4.70. The van der Waals surface area contributed by atoms with Crippen LogP contribution in [-0.4, -0.2) is 22.1 Å². The first-order chi connectivity index (χ1) is 9.13. The minimum absolute atomic E-state index is 0.0115. The van der Waals surface area contributed by atoms with E-state index in [4.69, 9.17) is 16.3 Å². The predicted molar refractivity (Wildman–Crippen MR) is 71.1 cm³/mol. The van der Waals surface area contributed by atoms with Crippen LogP contribution in [0.1, 0.15) is 38.6 Å². The second-order valence-corrected chi connectivity index (χ2v) is 5.06. The summed E-state index contributed by atoms with van der Waals surface area (Å²) in [7, 11) is 0. The van der Waals surface area contributed by atoms with Crippen molar-refractivity contribution in [2.45, 2.75) is 38.6 Å². The van der Waals surface area contributed by atoms with Crippen LogP contribution in [0.3, 0.4) is 0 Å². The zero-order valence-electron chi connectivity index (χ0n) is 10.8. The van der Waals surface area contributed by atoms with E-state index in [0.717, 1.165) is 19.3 Å². The van der Waals surface area contributed by atoms with E-state index in [9.17, 15) is 9.59 Å². The molecule has 19 heavy (non-hydrogen) atoms. The van der Waals surface area contributed by atoms with Crippen molar-refractivity contribution in [2.24, 2.45) is 5.92 Å². The number of hydrogen-bond donors (Lipinski definition) is 0. The molecule has 5 nitrogen and oxygen atoms in total. The number of carbonyl (C=O) groups excluding carboxylic acids is 1. The van der Waals surface area contributed by atoms with Gasteiger partial charge in [-0.15, -0.1) is 0 Å². The monoisotopic (exact) mass is 284 g/mol. The zero-order chi connectivity index (χ0) is 13.8. The van der Waals surface area contributed by atoms with E-state index in [0.29, 0.717) is 13.0 Å². The first-order valence-corrected chi connectivity index (χ1v) is 6.89. The summed E-state index contributed by atoms with van der Waals surface area (Å²) in [5.74, 6) is -0.0668. The summed E-state index contributed by atoms with van der Waals surface area (Å²) in [5.41, 5.74) is -0.287. The van der Waals surface area contributed by atoms with Gasteiger partial charge >= 0.3 is 5.97 Å². The Balaban J connectivity index is 2.16. The van der Waals surface area contributed by atoms with E-state index in [1.165, 1.54) is 6.20 Å². The third kappa shape index (κ3) is 3.15. The molecule has 1 fully saturated rings. The predicted octanol–water partition coefficient (Wildman–Crippen LogP) is 2.19. The Morgan fingerprint density at radius 1 is 1.58 bits per heavy atom. The van der Waals surface area contributed by atoms with Crippen LogP contribution in [0.15, 0.2) is 17.2 Å². The lowest BCUT2D eigenvalue weighted by Crippen LogP contribution is -2.28. The molecule has 0 aromatic carbocycles. The summed E-state index contributed by atoms with van der Waals surface area (Å²) in [6, 6.07) is 0.0115. The highest BCUT2D eigenvalue weighted by Gasteiger charge is 2.31. The molecular weight excluding hydrogens is 268 g/mol. The van der Waals surface area contributed by atoms with E-state index in [1.54, 1.807) is 17.7 Å². The van der Waals surface area contributed by atoms with E-state index in [2.05, 4.69) is 4.98 Å². The number of hydrogen-bond acceptors (Lipinski definition) is 4. The summed E-state index contributed by atoms with van der Waals surface area (Å²) >= 11 is 5.76. The van der Waals surface area contributed by atoms with Gasteiger partial charge in [-0.1, -0.05) is 18.0 Å². The quantitative estimate of drug-likeness (QED) is 0.795. The molecule has 1 aliphatic carbocycles. The number of aromatic nitrogens is 2. The first kappa shape index (κ1) is 14.1. The molecule has 0 saturated heterocycles. The van der Waals surface area contributed by atoms with Crippen LogP contribution in [0, 0.1) is 5.92 Å². The van der Waals surface area contributed by atoms with Crippen molar-refractivity contribution in [1.29, 1.82) is 0 Å². The summed E-state index contributed by atoms with van der Waals surface area (Å²) in [6.45, 7) is 2.18. The molecule has 0 N–H and O–H groups in total. The van der Waals surface area contributed by atoms with Crippen molar-refractivity contribution < 1.29 is 9.53 Å². The van der Waals surface area contributed by atoms with E-state index < -0.39 is 0 Å². The zero-order valence-corrected chi connectivity index (χ0v) is 11.6. The molecule has 0 aliphatic heterocycles. The molecule has 0 radical (unpaired) electrons. The molecule has 2 atom stereocenters. The Labute approximate surface area is 116 Å². The van der Waals surface area contributed by atoms with E-state index in [-0.39, 0.29) is 28.6 Å². The molecule has 1 heterocycles. The number of carbonyl (C=O) groups is 1. The maximum atomic E-state index is 12.0. The van der Waals surface area contributed by atoms with E-state index in [1.807, 2.05) is 0 Å². The van der Waals surface area contributed by atoms with Crippen LogP contribution < -0.4 is 5.56 Å². The normalized spacial score (nSPS) is 22.4. The van der Waals surface area contributed by atoms with Crippen molar-refractivity contribution in [1.82, 2.24) is 9.55 Å². The average Bonchev–Trinajstić information content (AvgIpc) is 2.81. The Kier molecular flexibility index (Phi) is 4.58. The van der Waals surface area contributed by atoms with Crippen molar-refractivity contribution in [2.75, 3.05) is 6.61 Å². The summed E-state index contributed by atoms with van der Waals surface area (Å²) in [5, 5.41) is -0.0238. The average molecular weight is 285 g/mol. The van der Waals surface area contributed by atoms with Crippen LogP contribution >= 0.6 is 11.6 Å². The molecule has 0 amide bonds.